The van der Waals surface area contributed by atoms with Crippen molar-refractivity contribution in [3.8, 4) is 0 Å². The van der Waals surface area contributed by atoms with Crippen LogP contribution in [0, 0.1) is 0 Å². The molecule has 0 aliphatic carbocycles. The number of nitrogens with zero attached hydrogens (tertiary/aromatic N) is 1. The third kappa shape index (κ3) is 5.88. The lowest BCUT2D eigenvalue weighted by Crippen LogP contribution is -2.51. The highest BCUT2D eigenvalue weighted by Crippen LogP contribution is 2.07. The summed E-state index contributed by atoms with van der Waals surface area (Å²) >= 11 is 4.95. The maximum absolute atomic E-state index is 12.4. The summed E-state index contributed by atoms with van der Waals surface area (Å²) in [7, 11) is 0. The van der Waals surface area contributed by atoms with Crippen LogP contribution in [0.1, 0.15) is 37.6 Å². The van der Waals surface area contributed by atoms with Crippen molar-refractivity contribution in [2.24, 2.45) is 0 Å². The molecular weight excluding hydrogens is 290 g/mol. The van der Waals surface area contributed by atoms with E-state index in [9.17, 15) is 9.59 Å². The second-order valence-corrected chi connectivity index (χ2v) is 4.82. The van der Waals surface area contributed by atoms with E-state index in [4.69, 9.17) is 17.1 Å². The van der Waals surface area contributed by atoms with Crippen molar-refractivity contribution in [1.29, 1.82) is 0 Å². The SMILES string of the molecule is CCC(C)ON(NC(=S)NC(C)=O)C(=O)c1ccccc1. The molecule has 21 heavy (non-hydrogen) atoms. The topological polar surface area (TPSA) is 70.7 Å². The van der Waals surface area contributed by atoms with Gasteiger partial charge >= 0.3 is 0 Å². The highest BCUT2D eigenvalue weighted by atomic mass is 32.1. The minimum atomic E-state index is -0.399. The van der Waals surface area contributed by atoms with E-state index >= 15 is 0 Å². The van der Waals surface area contributed by atoms with E-state index in [1.54, 1.807) is 24.3 Å². The zero-order chi connectivity index (χ0) is 15.8. The summed E-state index contributed by atoms with van der Waals surface area (Å²) in [5.41, 5.74) is 3.02. The van der Waals surface area contributed by atoms with Crippen LogP contribution in [0.2, 0.25) is 0 Å². The minimum Gasteiger partial charge on any atom is -0.302 e. The predicted molar refractivity (Wildman–Crippen MR) is 83.0 cm³/mol. The van der Waals surface area contributed by atoms with Gasteiger partial charge < -0.3 is 5.32 Å². The van der Waals surface area contributed by atoms with Crippen LogP contribution in [-0.2, 0) is 9.63 Å². The molecule has 1 rings (SSSR count). The number of rotatable bonds is 4. The number of hydroxylamine groups is 1. The van der Waals surface area contributed by atoms with Crippen LogP contribution < -0.4 is 10.7 Å². The number of hydrazine groups is 1. The molecule has 1 aromatic carbocycles. The fourth-order valence-electron chi connectivity index (χ4n) is 1.36. The van der Waals surface area contributed by atoms with E-state index in [0.717, 1.165) is 5.17 Å². The summed E-state index contributed by atoms with van der Waals surface area (Å²) in [4.78, 5) is 28.9. The van der Waals surface area contributed by atoms with Crippen LogP contribution >= 0.6 is 12.2 Å². The number of thiocarbonyl (C=S) groups is 1. The molecule has 7 heteroatoms. The Balaban J connectivity index is 2.83. The number of benzene rings is 1. The smallest absolute Gasteiger partial charge is 0.297 e. The second-order valence-electron chi connectivity index (χ2n) is 4.41. The third-order valence-electron chi connectivity index (χ3n) is 2.56. The first-order chi connectivity index (χ1) is 9.93. The van der Waals surface area contributed by atoms with Crippen LogP contribution in [0.25, 0.3) is 0 Å². The Morgan fingerprint density at radius 3 is 2.48 bits per heavy atom. The molecule has 1 aromatic rings. The summed E-state index contributed by atoms with van der Waals surface area (Å²) in [6.45, 7) is 5.09. The first-order valence-corrected chi connectivity index (χ1v) is 6.99. The molecule has 0 radical (unpaired) electrons. The molecule has 0 saturated heterocycles. The molecule has 0 aliphatic heterocycles. The predicted octanol–water partition coefficient (Wildman–Crippen LogP) is 1.78. The fraction of sp³-hybridized carbons (Fsp3) is 0.357. The van der Waals surface area contributed by atoms with Crippen LogP contribution in [0.4, 0.5) is 0 Å². The molecule has 0 bridgehead atoms. The Labute approximate surface area is 129 Å². The average molecular weight is 309 g/mol. The number of hydrogen-bond donors (Lipinski definition) is 2. The molecule has 2 N–H and O–H groups in total. The Bertz CT molecular complexity index is 507. The first-order valence-electron chi connectivity index (χ1n) is 6.58. The van der Waals surface area contributed by atoms with E-state index in [2.05, 4.69) is 10.7 Å². The van der Waals surface area contributed by atoms with Gasteiger partial charge in [-0.15, -0.1) is 5.17 Å². The summed E-state index contributed by atoms with van der Waals surface area (Å²) < 4.78 is 0. The van der Waals surface area contributed by atoms with Gasteiger partial charge in [0.15, 0.2) is 5.11 Å². The number of nitrogens with one attached hydrogen (secondary N) is 2. The zero-order valence-corrected chi connectivity index (χ0v) is 13.1. The van der Waals surface area contributed by atoms with Crippen LogP contribution in [0.15, 0.2) is 30.3 Å². The molecule has 1 atom stereocenters. The fourth-order valence-corrected chi connectivity index (χ4v) is 1.58. The molecule has 0 heterocycles. The van der Waals surface area contributed by atoms with Crippen molar-refractivity contribution in [3.63, 3.8) is 0 Å². The lowest BCUT2D eigenvalue weighted by atomic mass is 10.2. The number of carbonyl (C=O) groups excluding carboxylic acids is 2. The molecule has 2 amide bonds. The standard InChI is InChI=1S/C14H19N3O3S/c1-4-10(2)20-17(16-14(21)15-11(3)18)13(19)12-8-6-5-7-9-12/h5-10H,4H2,1-3H3,(H2,15,16,18,21). The highest BCUT2D eigenvalue weighted by molar-refractivity contribution is 7.80. The van der Waals surface area contributed by atoms with Gasteiger partial charge in [-0.1, -0.05) is 25.1 Å². The number of amides is 2. The molecule has 6 nitrogen and oxygen atoms in total. The number of carbonyl (C=O) groups is 2. The first kappa shape index (κ1) is 17.1. The van der Waals surface area contributed by atoms with Gasteiger partial charge in [0.25, 0.3) is 5.91 Å². The summed E-state index contributed by atoms with van der Waals surface area (Å²) in [5, 5.41) is 3.32. The Morgan fingerprint density at radius 1 is 1.33 bits per heavy atom. The summed E-state index contributed by atoms with van der Waals surface area (Å²) in [6, 6.07) is 8.64. The minimum absolute atomic E-state index is 0.00455. The van der Waals surface area contributed by atoms with Crippen molar-refractivity contribution in [2.75, 3.05) is 0 Å². The lowest BCUT2D eigenvalue weighted by Gasteiger charge is -2.26. The lowest BCUT2D eigenvalue weighted by molar-refractivity contribution is -0.176. The van der Waals surface area contributed by atoms with Gasteiger partial charge in [0.05, 0.1) is 6.10 Å². The number of hydrogen-bond acceptors (Lipinski definition) is 4. The monoisotopic (exact) mass is 309 g/mol. The molecule has 0 aromatic heterocycles. The molecular formula is C14H19N3O3S. The Kier molecular flexibility index (Phi) is 6.77. The second kappa shape index (κ2) is 8.33. The zero-order valence-electron chi connectivity index (χ0n) is 12.3. The normalized spacial score (nSPS) is 11.4. The Hall–Kier alpha value is -1.99. The van der Waals surface area contributed by atoms with Gasteiger partial charge in [-0.2, -0.15) is 0 Å². The van der Waals surface area contributed by atoms with Gasteiger partial charge in [-0.05, 0) is 37.7 Å². The van der Waals surface area contributed by atoms with Crippen molar-refractivity contribution in [1.82, 2.24) is 15.9 Å². The van der Waals surface area contributed by atoms with E-state index < -0.39 is 5.91 Å². The maximum atomic E-state index is 12.4. The maximum Gasteiger partial charge on any atom is 0.297 e. The van der Waals surface area contributed by atoms with E-state index in [0.29, 0.717) is 12.0 Å². The van der Waals surface area contributed by atoms with Gasteiger partial charge in [0.2, 0.25) is 5.91 Å². The van der Waals surface area contributed by atoms with Crippen molar-refractivity contribution >= 4 is 29.1 Å². The highest BCUT2D eigenvalue weighted by Gasteiger charge is 2.20. The molecule has 114 valence electrons. The molecule has 0 saturated carbocycles. The van der Waals surface area contributed by atoms with Crippen LogP contribution in [0.5, 0.6) is 0 Å². The Morgan fingerprint density at radius 2 is 1.95 bits per heavy atom. The molecule has 0 aliphatic rings. The van der Waals surface area contributed by atoms with Crippen molar-refractivity contribution in [3.05, 3.63) is 35.9 Å². The van der Waals surface area contributed by atoms with Crippen molar-refractivity contribution in [2.45, 2.75) is 33.3 Å². The van der Waals surface area contributed by atoms with Gasteiger partial charge in [-0.25, -0.2) is 10.3 Å². The molecule has 0 fully saturated rings. The quantitative estimate of drug-likeness (QED) is 0.655. The average Bonchev–Trinajstić information content (AvgIpc) is 2.45. The van der Waals surface area contributed by atoms with Gasteiger partial charge in [0.1, 0.15) is 0 Å². The van der Waals surface area contributed by atoms with Gasteiger partial charge in [0, 0.05) is 12.5 Å². The van der Waals surface area contributed by atoms with Crippen LogP contribution in [0.3, 0.4) is 0 Å². The summed E-state index contributed by atoms with van der Waals surface area (Å²) in [6.07, 6.45) is 0.526. The molecule has 0 spiro atoms. The third-order valence-corrected chi connectivity index (χ3v) is 2.75. The van der Waals surface area contributed by atoms with E-state index in [-0.39, 0.29) is 17.1 Å². The van der Waals surface area contributed by atoms with Crippen molar-refractivity contribution < 1.29 is 14.4 Å². The molecule has 1 unspecified atom stereocenters. The van der Waals surface area contributed by atoms with E-state index in [1.807, 2.05) is 19.9 Å². The van der Waals surface area contributed by atoms with E-state index in [1.165, 1.54) is 6.92 Å². The largest absolute Gasteiger partial charge is 0.302 e. The van der Waals surface area contributed by atoms with Crippen LogP contribution in [-0.4, -0.2) is 28.2 Å². The summed E-state index contributed by atoms with van der Waals surface area (Å²) in [5.74, 6) is -0.730. The van der Waals surface area contributed by atoms with Gasteiger partial charge in [-0.3, -0.25) is 9.59 Å².